The van der Waals surface area contributed by atoms with Gasteiger partial charge in [-0.15, -0.1) is 0 Å². The fraction of sp³-hybridized carbons (Fsp3) is 0.533. The maximum atomic E-state index is 11.7. The van der Waals surface area contributed by atoms with Crippen LogP contribution in [0.1, 0.15) is 48.0 Å². The van der Waals surface area contributed by atoms with Crippen molar-refractivity contribution in [1.82, 2.24) is 5.32 Å². The quantitative estimate of drug-likeness (QED) is 0.835. The molecule has 1 atom stereocenters. The maximum Gasteiger partial charge on any atom is 0.338 e. The molecule has 0 unspecified atom stereocenters. The highest BCUT2D eigenvalue weighted by Crippen LogP contribution is 2.26. The molecule has 1 N–H and O–H groups in total. The number of hydrogen-bond acceptors (Lipinski definition) is 3. The molecule has 2 rings (SSSR count). The van der Waals surface area contributed by atoms with Crippen molar-refractivity contribution < 1.29 is 9.53 Å². The molecule has 18 heavy (non-hydrogen) atoms. The van der Waals surface area contributed by atoms with Crippen molar-refractivity contribution in [3.8, 4) is 0 Å². The standard InChI is InChI=1S/C15H21NO2/c1-2-18-15(17)14-6-3-5-13(11-14)12-7-4-9-16-10-8-12/h3,5-6,11-12,16H,2,4,7-10H2,1H3/t12-/m1/s1. The van der Waals surface area contributed by atoms with Crippen LogP contribution in [-0.4, -0.2) is 25.7 Å². The molecule has 1 saturated heterocycles. The molecule has 1 aliphatic heterocycles. The molecular weight excluding hydrogens is 226 g/mol. The van der Waals surface area contributed by atoms with Crippen LogP contribution >= 0.6 is 0 Å². The third kappa shape index (κ3) is 3.33. The third-order valence-electron chi connectivity index (χ3n) is 3.44. The Bertz CT molecular complexity index is 395. The molecule has 1 heterocycles. The summed E-state index contributed by atoms with van der Waals surface area (Å²) in [5.74, 6) is 0.348. The Balaban J connectivity index is 2.12. The van der Waals surface area contributed by atoms with Gasteiger partial charge >= 0.3 is 5.97 Å². The Labute approximate surface area is 109 Å². The first-order chi connectivity index (χ1) is 8.81. The van der Waals surface area contributed by atoms with E-state index in [0.29, 0.717) is 18.1 Å². The first kappa shape index (κ1) is 13.1. The van der Waals surface area contributed by atoms with Gasteiger partial charge in [-0.3, -0.25) is 0 Å². The highest BCUT2D eigenvalue weighted by molar-refractivity contribution is 5.89. The number of ether oxygens (including phenoxy) is 1. The minimum atomic E-state index is -0.217. The number of hydrogen-bond donors (Lipinski definition) is 1. The SMILES string of the molecule is CCOC(=O)c1cccc([C@@H]2CCCNCC2)c1. The molecule has 0 amide bonds. The minimum Gasteiger partial charge on any atom is -0.462 e. The zero-order valence-electron chi connectivity index (χ0n) is 10.9. The van der Waals surface area contributed by atoms with Gasteiger partial charge in [-0.25, -0.2) is 4.79 Å². The van der Waals surface area contributed by atoms with Crippen LogP contribution in [0.3, 0.4) is 0 Å². The summed E-state index contributed by atoms with van der Waals surface area (Å²) in [6.45, 7) is 4.43. The largest absolute Gasteiger partial charge is 0.462 e. The van der Waals surface area contributed by atoms with E-state index in [0.717, 1.165) is 19.5 Å². The molecule has 0 aromatic heterocycles. The van der Waals surface area contributed by atoms with Crippen molar-refractivity contribution in [2.24, 2.45) is 0 Å². The predicted octanol–water partition coefficient (Wildman–Crippen LogP) is 2.72. The molecule has 0 spiro atoms. The number of nitrogens with one attached hydrogen (secondary N) is 1. The third-order valence-corrected chi connectivity index (χ3v) is 3.44. The molecule has 0 aliphatic carbocycles. The zero-order chi connectivity index (χ0) is 12.8. The van der Waals surface area contributed by atoms with E-state index in [9.17, 15) is 4.79 Å². The normalized spacial score (nSPS) is 20.2. The number of carbonyl (C=O) groups excluding carboxylic acids is 1. The summed E-state index contributed by atoms with van der Waals surface area (Å²) < 4.78 is 5.04. The summed E-state index contributed by atoms with van der Waals surface area (Å²) in [5, 5.41) is 3.41. The van der Waals surface area contributed by atoms with Crippen LogP contribution in [0.5, 0.6) is 0 Å². The summed E-state index contributed by atoms with van der Waals surface area (Å²) in [6.07, 6.45) is 3.54. The van der Waals surface area contributed by atoms with E-state index in [1.807, 2.05) is 25.1 Å². The smallest absolute Gasteiger partial charge is 0.338 e. The van der Waals surface area contributed by atoms with Crippen molar-refractivity contribution in [1.29, 1.82) is 0 Å². The molecule has 1 aromatic carbocycles. The van der Waals surface area contributed by atoms with Crippen LogP contribution < -0.4 is 5.32 Å². The molecule has 3 nitrogen and oxygen atoms in total. The maximum absolute atomic E-state index is 11.7. The lowest BCUT2D eigenvalue weighted by molar-refractivity contribution is 0.0526. The second-order valence-electron chi connectivity index (χ2n) is 4.72. The van der Waals surface area contributed by atoms with Gasteiger partial charge < -0.3 is 10.1 Å². The molecule has 0 radical (unpaired) electrons. The van der Waals surface area contributed by atoms with Crippen LogP contribution in [0.25, 0.3) is 0 Å². The zero-order valence-corrected chi connectivity index (χ0v) is 10.9. The number of benzene rings is 1. The lowest BCUT2D eigenvalue weighted by atomic mass is 9.91. The highest BCUT2D eigenvalue weighted by atomic mass is 16.5. The van der Waals surface area contributed by atoms with E-state index in [4.69, 9.17) is 4.74 Å². The molecule has 98 valence electrons. The fourth-order valence-corrected chi connectivity index (χ4v) is 2.49. The number of rotatable bonds is 3. The molecule has 1 fully saturated rings. The molecule has 3 heteroatoms. The predicted molar refractivity (Wildman–Crippen MR) is 71.9 cm³/mol. The Morgan fingerprint density at radius 3 is 3.11 bits per heavy atom. The van der Waals surface area contributed by atoms with Crippen LogP contribution in [0.2, 0.25) is 0 Å². The van der Waals surface area contributed by atoms with Gasteiger partial charge in [-0.2, -0.15) is 0 Å². The van der Waals surface area contributed by atoms with E-state index < -0.39 is 0 Å². The molecule has 0 bridgehead atoms. The van der Waals surface area contributed by atoms with Gasteiger partial charge in [0.05, 0.1) is 12.2 Å². The van der Waals surface area contributed by atoms with Crippen molar-refractivity contribution in [3.63, 3.8) is 0 Å². The van der Waals surface area contributed by atoms with Gasteiger partial charge in [0.15, 0.2) is 0 Å². The van der Waals surface area contributed by atoms with Crippen LogP contribution in [0.4, 0.5) is 0 Å². The second-order valence-corrected chi connectivity index (χ2v) is 4.72. The van der Waals surface area contributed by atoms with Crippen molar-refractivity contribution in [3.05, 3.63) is 35.4 Å². The average molecular weight is 247 g/mol. The van der Waals surface area contributed by atoms with Crippen LogP contribution in [0, 0.1) is 0 Å². The van der Waals surface area contributed by atoms with Crippen LogP contribution in [-0.2, 0) is 4.74 Å². The van der Waals surface area contributed by atoms with Gasteiger partial charge in [0.25, 0.3) is 0 Å². The van der Waals surface area contributed by atoms with Gasteiger partial charge in [-0.05, 0) is 62.9 Å². The Kier molecular flexibility index (Phi) is 4.76. The summed E-state index contributed by atoms with van der Waals surface area (Å²) >= 11 is 0. The van der Waals surface area contributed by atoms with E-state index >= 15 is 0 Å². The summed E-state index contributed by atoms with van der Waals surface area (Å²) in [6, 6.07) is 7.91. The van der Waals surface area contributed by atoms with E-state index in [-0.39, 0.29) is 5.97 Å². The highest BCUT2D eigenvalue weighted by Gasteiger charge is 2.15. The number of esters is 1. The lowest BCUT2D eigenvalue weighted by Gasteiger charge is -2.14. The van der Waals surface area contributed by atoms with Crippen molar-refractivity contribution in [2.75, 3.05) is 19.7 Å². The molecule has 1 aliphatic rings. The van der Waals surface area contributed by atoms with E-state index in [1.165, 1.54) is 18.4 Å². The lowest BCUT2D eigenvalue weighted by Crippen LogP contribution is -2.13. The summed E-state index contributed by atoms with van der Waals surface area (Å²) in [7, 11) is 0. The molecule has 1 aromatic rings. The summed E-state index contributed by atoms with van der Waals surface area (Å²) in [4.78, 5) is 11.7. The Hall–Kier alpha value is -1.35. The van der Waals surface area contributed by atoms with Crippen molar-refractivity contribution in [2.45, 2.75) is 32.1 Å². The van der Waals surface area contributed by atoms with Gasteiger partial charge in [0, 0.05) is 0 Å². The fourth-order valence-electron chi connectivity index (χ4n) is 2.49. The Morgan fingerprint density at radius 2 is 2.28 bits per heavy atom. The Morgan fingerprint density at radius 1 is 1.39 bits per heavy atom. The van der Waals surface area contributed by atoms with Gasteiger partial charge in [-0.1, -0.05) is 12.1 Å². The van der Waals surface area contributed by atoms with Crippen molar-refractivity contribution >= 4 is 5.97 Å². The first-order valence-corrected chi connectivity index (χ1v) is 6.79. The molecule has 0 saturated carbocycles. The van der Waals surface area contributed by atoms with E-state index in [1.54, 1.807) is 0 Å². The molecular formula is C15H21NO2. The second kappa shape index (κ2) is 6.55. The van der Waals surface area contributed by atoms with Crippen LogP contribution in [0.15, 0.2) is 24.3 Å². The average Bonchev–Trinajstić information content (AvgIpc) is 2.68. The van der Waals surface area contributed by atoms with E-state index in [2.05, 4.69) is 11.4 Å². The summed E-state index contributed by atoms with van der Waals surface area (Å²) in [5.41, 5.74) is 1.94. The topological polar surface area (TPSA) is 38.3 Å². The first-order valence-electron chi connectivity index (χ1n) is 6.79. The monoisotopic (exact) mass is 247 g/mol. The van der Waals surface area contributed by atoms with Gasteiger partial charge in [0.2, 0.25) is 0 Å². The minimum absolute atomic E-state index is 0.217. The number of carbonyl (C=O) groups is 1. The van der Waals surface area contributed by atoms with Gasteiger partial charge in [0.1, 0.15) is 0 Å².